The number of nitrogens with zero attached hydrogens (tertiary/aromatic N) is 1. The molecule has 0 saturated carbocycles. The van der Waals surface area contributed by atoms with Crippen molar-refractivity contribution in [2.24, 2.45) is 0 Å². The number of nitrogens with one attached hydrogen (secondary N) is 1. The van der Waals surface area contributed by atoms with E-state index in [1.807, 2.05) is 18.2 Å². The summed E-state index contributed by atoms with van der Waals surface area (Å²) in [4.78, 5) is 12.2. The van der Waals surface area contributed by atoms with Gasteiger partial charge < -0.3 is 5.32 Å². The molecule has 5 heteroatoms. The molecule has 1 rings (SSSR count). The van der Waals surface area contributed by atoms with Gasteiger partial charge in [-0.05, 0) is 28.1 Å². The van der Waals surface area contributed by atoms with E-state index in [1.54, 1.807) is 11.3 Å². The van der Waals surface area contributed by atoms with E-state index in [0.29, 0.717) is 6.54 Å². The maximum atomic E-state index is 11.1. The zero-order chi connectivity index (χ0) is 10.4. The van der Waals surface area contributed by atoms with Crippen molar-refractivity contribution in [3.05, 3.63) is 20.8 Å². The van der Waals surface area contributed by atoms with Crippen LogP contribution in [-0.4, -0.2) is 5.91 Å². The monoisotopic (exact) mass is 272 g/mol. The number of nitriles is 1. The van der Waals surface area contributed by atoms with Crippen molar-refractivity contribution in [3.63, 3.8) is 0 Å². The highest BCUT2D eigenvalue weighted by atomic mass is 79.9. The summed E-state index contributed by atoms with van der Waals surface area (Å²) in [7, 11) is 0. The van der Waals surface area contributed by atoms with Crippen molar-refractivity contribution in [2.45, 2.75) is 19.4 Å². The second-order valence-corrected chi connectivity index (χ2v) is 5.19. The van der Waals surface area contributed by atoms with Crippen molar-refractivity contribution in [1.29, 1.82) is 5.26 Å². The zero-order valence-electron chi connectivity index (χ0n) is 7.42. The molecule has 74 valence electrons. The molecule has 0 unspecified atom stereocenters. The highest BCUT2D eigenvalue weighted by molar-refractivity contribution is 9.11. The molecule has 0 radical (unpaired) electrons. The van der Waals surface area contributed by atoms with E-state index in [1.165, 1.54) is 0 Å². The smallest absolute Gasteiger partial charge is 0.221 e. The van der Waals surface area contributed by atoms with Crippen LogP contribution in [0, 0.1) is 11.3 Å². The topological polar surface area (TPSA) is 52.9 Å². The van der Waals surface area contributed by atoms with Crippen LogP contribution in [0.25, 0.3) is 0 Å². The predicted molar refractivity (Wildman–Crippen MR) is 58.7 cm³/mol. The molecule has 0 fully saturated rings. The Kier molecular flexibility index (Phi) is 4.63. The van der Waals surface area contributed by atoms with Gasteiger partial charge in [0, 0.05) is 17.7 Å². The van der Waals surface area contributed by atoms with E-state index >= 15 is 0 Å². The standard InChI is InChI=1S/C9H9BrN2OS/c10-8-4-3-7(14-8)6-12-9(13)2-1-5-11/h3-4H,1-2,6H2,(H,12,13). The Bertz CT molecular complexity index is 356. The molecule has 14 heavy (non-hydrogen) atoms. The molecule has 0 aliphatic rings. The maximum absolute atomic E-state index is 11.1. The number of carbonyl (C=O) groups excluding carboxylic acids is 1. The summed E-state index contributed by atoms with van der Waals surface area (Å²) in [5.41, 5.74) is 0. The van der Waals surface area contributed by atoms with Gasteiger partial charge in [0.2, 0.25) is 5.91 Å². The second kappa shape index (κ2) is 5.78. The van der Waals surface area contributed by atoms with Gasteiger partial charge in [-0.15, -0.1) is 11.3 Å². The van der Waals surface area contributed by atoms with Gasteiger partial charge in [0.1, 0.15) is 0 Å². The minimum absolute atomic E-state index is 0.0731. The van der Waals surface area contributed by atoms with Crippen molar-refractivity contribution in [3.8, 4) is 6.07 Å². The molecule has 0 atom stereocenters. The van der Waals surface area contributed by atoms with E-state index in [0.717, 1.165) is 8.66 Å². The van der Waals surface area contributed by atoms with Crippen molar-refractivity contribution < 1.29 is 4.79 Å². The summed E-state index contributed by atoms with van der Waals surface area (Å²) in [6.45, 7) is 0.542. The first-order chi connectivity index (χ1) is 6.72. The minimum Gasteiger partial charge on any atom is -0.351 e. The number of thiophene rings is 1. The van der Waals surface area contributed by atoms with Gasteiger partial charge in [0.15, 0.2) is 0 Å². The fraction of sp³-hybridized carbons (Fsp3) is 0.333. The number of hydrogen-bond donors (Lipinski definition) is 1. The Hall–Kier alpha value is -0.860. The fourth-order valence-corrected chi connectivity index (χ4v) is 2.31. The van der Waals surface area contributed by atoms with Gasteiger partial charge in [-0.2, -0.15) is 5.26 Å². The third-order valence-corrected chi connectivity index (χ3v) is 3.18. The van der Waals surface area contributed by atoms with E-state index < -0.39 is 0 Å². The van der Waals surface area contributed by atoms with Crippen molar-refractivity contribution >= 4 is 33.2 Å². The molecule has 1 aromatic rings. The third kappa shape index (κ3) is 3.90. The summed E-state index contributed by atoms with van der Waals surface area (Å²) in [6.07, 6.45) is 0.559. The highest BCUT2D eigenvalue weighted by Gasteiger charge is 2.01. The summed E-state index contributed by atoms with van der Waals surface area (Å²) in [5, 5.41) is 11.0. The normalized spacial score (nSPS) is 9.43. The lowest BCUT2D eigenvalue weighted by Crippen LogP contribution is -2.21. The van der Waals surface area contributed by atoms with Crippen LogP contribution in [0.4, 0.5) is 0 Å². The second-order valence-electron chi connectivity index (χ2n) is 2.64. The Morgan fingerprint density at radius 3 is 3.00 bits per heavy atom. The summed E-state index contributed by atoms with van der Waals surface area (Å²) in [6, 6.07) is 5.84. The van der Waals surface area contributed by atoms with E-state index in [9.17, 15) is 4.79 Å². The summed E-state index contributed by atoms with van der Waals surface area (Å²) in [5.74, 6) is -0.0731. The molecule has 1 aromatic heterocycles. The number of carbonyl (C=O) groups is 1. The molecule has 1 heterocycles. The molecule has 0 spiro atoms. The SMILES string of the molecule is N#CCCC(=O)NCc1ccc(Br)s1. The Balaban J connectivity index is 2.27. The molecule has 0 aromatic carbocycles. The van der Waals surface area contributed by atoms with Gasteiger partial charge >= 0.3 is 0 Å². The molecular formula is C9H9BrN2OS. The van der Waals surface area contributed by atoms with Gasteiger partial charge in [-0.25, -0.2) is 0 Å². The highest BCUT2D eigenvalue weighted by Crippen LogP contribution is 2.21. The number of hydrogen-bond acceptors (Lipinski definition) is 3. The number of halogens is 1. The van der Waals surface area contributed by atoms with Crippen LogP contribution in [0.15, 0.2) is 15.9 Å². The molecule has 3 nitrogen and oxygen atoms in total. The van der Waals surface area contributed by atoms with E-state index in [-0.39, 0.29) is 18.7 Å². The number of rotatable bonds is 4. The van der Waals surface area contributed by atoms with Gasteiger partial charge in [0.25, 0.3) is 0 Å². The minimum atomic E-state index is -0.0731. The molecule has 1 amide bonds. The van der Waals surface area contributed by atoms with Gasteiger partial charge in [-0.1, -0.05) is 0 Å². The van der Waals surface area contributed by atoms with Crippen molar-refractivity contribution in [1.82, 2.24) is 5.32 Å². The first-order valence-corrected chi connectivity index (χ1v) is 5.71. The Morgan fingerprint density at radius 2 is 2.43 bits per heavy atom. The lowest BCUT2D eigenvalue weighted by molar-refractivity contribution is -0.121. The van der Waals surface area contributed by atoms with Crippen LogP contribution in [0.1, 0.15) is 17.7 Å². The van der Waals surface area contributed by atoms with Crippen LogP contribution in [0.3, 0.4) is 0 Å². The zero-order valence-corrected chi connectivity index (χ0v) is 9.82. The lowest BCUT2D eigenvalue weighted by Gasteiger charge is -2.00. The van der Waals surface area contributed by atoms with Crippen LogP contribution < -0.4 is 5.32 Å². The van der Waals surface area contributed by atoms with Crippen LogP contribution in [0.5, 0.6) is 0 Å². The van der Waals surface area contributed by atoms with Gasteiger partial charge in [-0.3, -0.25) is 4.79 Å². The molecule has 0 aliphatic heterocycles. The fourth-order valence-electron chi connectivity index (χ4n) is 0.890. The Labute approximate surface area is 94.9 Å². The molecule has 1 N–H and O–H groups in total. The maximum Gasteiger partial charge on any atom is 0.221 e. The average Bonchev–Trinajstić information content (AvgIpc) is 2.58. The quantitative estimate of drug-likeness (QED) is 0.916. The third-order valence-electron chi connectivity index (χ3n) is 1.55. The van der Waals surface area contributed by atoms with Crippen LogP contribution >= 0.6 is 27.3 Å². The molecule has 0 saturated heterocycles. The van der Waals surface area contributed by atoms with Crippen LogP contribution in [-0.2, 0) is 11.3 Å². The van der Waals surface area contributed by atoms with Crippen LogP contribution in [0.2, 0.25) is 0 Å². The Morgan fingerprint density at radius 1 is 1.64 bits per heavy atom. The first kappa shape index (κ1) is 11.2. The molecule has 0 aliphatic carbocycles. The molecular weight excluding hydrogens is 264 g/mol. The average molecular weight is 273 g/mol. The predicted octanol–water partition coefficient (Wildman–Crippen LogP) is 2.43. The lowest BCUT2D eigenvalue weighted by atomic mass is 10.3. The summed E-state index contributed by atoms with van der Waals surface area (Å²) >= 11 is 4.93. The van der Waals surface area contributed by atoms with E-state index in [4.69, 9.17) is 5.26 Å². The molecule has 0 bridgehead atoms. The largest absolute Gasteiger partial charge is 0.351 e. The number of amides is 1. The van der Waals surface area contributed by atoms with Gasteiger partial charge in [0.05, 0.1) is 16.4 Å². The first-order valence-electron chi connectivity index (χ1n) is 4.10. The van der Waals surface area contributed by atoms with Crippen molar-refractivity contribution in [2.75, 3.05) is 0 Å². The summed E-state index contributed by atoms with van der Waals surface area (Å²) < 4.78 is 1.05. The van der Waals surface area contributed by atoms with E-state index in [2.05, 4.69) is 21.2 Å².